The molecule has 0 heterocycles. The fourth-order valence-corrected chi connectivity index (χ4v) is 2.38. The third-order valence-electron chi connectivity index (χ3n) is 3.73. The number of hydrogen-bond acceptors (Lipinski definition) is 4. The van der Waals surface area contributed by atoms with Gasteiger partial charge in [-0.15, -0.1) is 0 Å². The molecule has 0 aliphatic heterocycles. The number of methoxy groups -OCH3 is 1. The van der Waals surface area contributed by atoms with E-state index in [0.29, 0.717) is 37.0 Å². The van der Waals surface area contributed by atoms with Gasteiger partial charge in [-0.25, -0.2) is 0 Å². The highest BCUT2D eigenvalue weighted by molar-refractivity contribution is 5.94. The largest absolute Gasteiger partial charge is 0.497 e. The summed E-state index contributed by atoms with van der Waals surface area (Å²) in [6, 6.07) is 12.8. The Labute approximate surface area is 155 Å². The minimum absolute atomic E-state index is 0.0932. The topological polar surface area (TPSA) is 56.8 Å². The zero-order valence-electron chi connectivity index (χ0n) is 15.9. The van der Waals surface area contributed by atoms with Crippen molar-refractivity contribution in [3.63, 3.8) is 0 Å². The van der Waals surface area contributed by atoms with E-state index < -0.39 is 0 Å². The van der Waals surface area contributed by atoms with Crippen molar-refractivity contribution in [3.8, 4) is 17.2 Å². The Hall–Kier alpha value is -2.69. The summed E-state index contributed by atoms with van der Waals surface area (Å²) in [5, 5.41) is 2.93. The van der Waals surface area contributed by atoms with Crippen molar-refractivity contribution in [2.75, 3.05) is 20.3 Å². The molecule has 0 unspecified atom stereocenters. The number of amides is 1. The lowest BCUT2D eigenvalue weighted by molar-refractivity contribution is 0.0949. The van der Waals surface area contributed by atoms with Gasteiger partial charge in [0.25, 0.3) is 5.91 Å². The number of carbonyl (C=O) groups excluding carboxylic acids is 1. The van der Waals surface area contributed by atoms with Crippen LogP contribution in [0.1, 0.15) is 36.7 Å². The average molecular weight is 357 g/mol. The van der Waals surface area contributed by atoms with Crippen LogP contribution in [-0.4, -0.2) is 26.2 Å². The molecule has 2 rings (SSSR count). The summed E-state index contributed by atoms with van der Waals surface area (Å²) in [7, 11) is 1.62. The SMILES string of the molecule is CCOc1ccc(C(=O)NCC(C)C)cc1COc1cccc(OC)c1. The Balaban J connectivity index is 2.15. The van der Waals surface area contributed by atoms with Crippen LogP contribution in [0.5, 0.6) is 17.2 Å². The summed E-state index contributed by atoms with van der Waals surface area (Å²) in [5.74, 6) is 2.45. The predicted octanol–water partition coefficient (Wildman–Crippen LogP) is 4.06. The number of nitrogens with one attached hydrogen (secondary N) is 1. The van der Waals surface area contributed by atoms with Gasteiger partial charge in [0, 0.05) is 23.7 Å². The van der Waals surface area contributed by atoms with E-state index in [1.165, 1.54) is 0 Å². The highest BCUT2D eigenvalue weighted by atomic mass is 16.5. The van der Waals surface area contributed by atoms with Crippen molar-refractivity contribution in [1.82, 2.24) is 5.32 Å². The van der Waals surface area contributed by atoms with Gasteiger partial charge in [0.15, 0.2) is 0 Å². The molecule has 0 bridgehead atoms. The minimum atomic E-state index is -0.0932. The van der Waals surface area contributed by atoms with Gasteiger partial charge in [-0.3, -0.25) is 4.79 Å². The third-order valence-corrected chi connectivity index (χ3v) is 3.73. The summed E-state index contributed by atoms with van der Waals surface area (Å²) in [6.45, 7) is 7.54. The lowest BCUT2D eigenvalue weighted by atomic mass is 10.1. The van der Waals surface area contributed by atoms with E-state index in [1.807, 2.05) is 43.3 Å². The molecule has 0 radical (unpaired) electrons. The van der Waals surface area contributed by atoms with E-state index in [0.717, 1.165) is 17.1 Å². The van der Waals surface area contributed by atoms with E-state index in [2.05, 4.69) is 19.2 Å². The molecule has 5 heteroatoms. The molecule has 0 aliphatic carbocycles. The molecule has 1 amide bonds. The van der Waals surface area contributed by atoms with Crippen molar-refractivity contribution in [2.45, 2.75) is 27.4 Å². The van der Waals surface area contributed by atoms with E-state index in [-0.39, 0.29) is 5.91 Å². The van der Waals surface area contributed by atoms with Gasteiger partial charge in [0.2, 0.25) is 0 Å². The minimum Gasteiger partial charge on any atom is -0.497 e. The maximum absolute atomic E-state index is 12.3. The quantitative estimate of drug-likeness (QED) is 0.735. The van der Waals surface area contributed by atoms with E-state index in [9.17, 15) is 4.79 Å². The van der Waals surface area contributed by atoms with Crippen LogP contribution in [0.15, 0.2) is 42.5 Å². The number of carbonyl (C=O) groups is 1. The van der Waals surface area contributed by atoms with Crippen molar-refractivity contribution in [3.05, 3.63) is 53.6 Å². The van der Waals surface area contributed by atoms with Crippen LogP contribution in [0.4, 0.5) is 0 Å². The van der Waals surface area contributed by atoms with E-state index in [4.69, 9.17) is 14.2 Å². The first-order chi connectivity index (χ1) is 12.5. The summed E-state index contributed by atoms with van der Waals surface area (Å²) in [5.41, 5.74) is 1.42. The Kier molecular flexibility index (Phi) is 7.33. The van der Waals surface area contributed by atoms with Crippen LogP contribution in [0, 0.1) is 5.92 Å². The van der Waals surface area contributed by atoms with Crippen LogP contribution in [-0.2, 0) is 6.61 Å². The molecule has 0 saturated heterocycles. The van der Waals surface area contributed by atoms with Crippen molar-refractivity contribution < 1.29 is 19.0 Å². The lowest BCUT2D eigenvalue weighted by Gasteiger charge is -2.14. The first-order valence-corrected chi connectivity index (χ1v) is 8.84. The van der Waals surface area contributed by atoms with Crippen molar-refractivity contribution in [1.29, 1.82) is 0 Å². The molecule has 0 aliphatic rings. The molecule has 140 valence electrons. The molecule has 2 aromatic carbocycles. The number of rotatable bonds is 9. The van der Waals surface area contributed by atoms with Crippen molar-refractivity contribution in [2.24, 2.45) is 5.92 Å². The molecule has 26 heavy (non-hydrogen) atoms. The van der Waals surface area contributed by atoms with Crippen LogP contribution < -0.4 is 19.5 Å². The summed E-state index contributed by atoms with van der Waals surface area (Å²) in [4.78, 5) is 12.3. The molecule has 0 aromatic heterocycles. The lowest BCUT2D eigenvalue weighted by Crippen LogP contribution is -2.27. The Morgan fingerprint density at radius 1 is 1.08 bits per heavy atom. The van der Waals surface area contributed by atoms with Crippen LogP contribution >= 0.6 is 0 Å². The van der Waals surface area contributed by atoms with Gasteiger partial charge in [-0.05, 0) is 43.2 Å². The molecule has 0 fully saturated rings. The van der Waals surface area contributed by atoms with Gasteiger partial charge >= 0.3 is 0 Å². The second kappa shape index (κ2) is 9.70. The Morgan fingerprint density at radius 3 is 2.54 bits per heavy atom. The number of benzene rings is 2. The first kappa shape index (κ1) is 19.6. The highest BCUT2D eigenvalue weighted by Gasteiger charge is 2.12. The summed E-state index contributed by atoms with van der Waals surface area (Å²) in [6.07, 6.45) is 0. The maximum Gasteiger partial charge on any atom is 0.251 e. The maximum atomic E-state index is 12.3. The standard InChI is InChI=1S/C21H27NO4/c1-5-25-20-10-9-16(21(23)22-13-15(2)3)11-17(20)14-26-19-8-6-7-18(12-19)24-4/h6-12,15H,5,13-14H2,1-4H3,(H,22,23). The monoisotopic (exact) mass is 357 g/mol. The Bertz CT molecular complexity index is 728. The highest BCUT2D eigenvalue weighted by Crippen LogP contribution is 2.24. The molecular weight excluding hydrogens is 330 g/mol. The zero-order chi connectivity index (χ0) is 18.9. The molecule has 0 spiro atoms. The second-order valence-corrected chi connectivity index (χ2v) is 6.33. The van der Waals surface area contributed by atoms with Gasteiger partial charge in [0.1, 0.15) is 23.9 Å². The van der Waals surface area contributed by atoms with Crippen LogP contribution in [0.3, 0.4) is 0 Å². The zero-order valence-corrected chi connectivity index (χ0v) is 15.9. The molecular formula is C21H27NO4. The molecule has 0 saturated carbocycles. The number of ether oxygens (including phenoxy) is 3. The summed E-state index contributed by atoms with van der Waals surface area (Å²) < 4.78 is 16.7. The Morgan fingerprint density at radius 2 is 1.85 bits per heavy atom. The van der Waals surface area contributed by atoms with Crippen LogP contribution in [0.2, 0.25) is 0 Å². The fraction of sp³-hybridized carbons (Fsp3) is 0.381. The van der Waals surface area contributed by atoms with Crippen molar-refractivity contribution >= 4 is 5.91 Å². The van der Waals surface area contributed by atoms with E-state index >= 15 is 0 Å². The van der Waals surface area contributed by atoms with Crippen LogP contribution in [0.25, 0.3) is 0 Å². The number of hydrogen-bond donors (Lipinski definition) is 1. The second-order valence-electron chi connectivity index (χ2n) is 6.33. The predicted molar refractivity (Wildman–Crippen MR) is 102 cm³/mol. The third kappa shape index (κ3) is 5.69. The average Bonchev–Trinajstić information content (AvgIpc) is 2.65. The van der Waals surface area contributed by atoms with E-state index in [1.54, 1.807) is 13.2 Å². The molecule has 0 atom stereocenters. The van der Waals surface area contributed by atoms with Gasteiger partial charge in [-0.2, -0.15) is 0 Å². The first-order valence-electron chi connectivity index (χ1n) is 8.84. The van der Waals surface area contributed by atoms with Gasteiger partial charge in [-0.1, -0.05) is 19.9 Å². The molecule has 1 N–H and O–H groups in total. The summed E-state index contributed by atoms with van der Waals surface area (Å²) >= 11 is 0. The van der Waals surface area contributed by atoms with Gasteiger partial charge in [0.05, 0.1) is 13.7 Å². The fourth-order valence-electron chi connectivity index (χ4n) is 2.38. The normalized spacial score (nSPS) is 10.5. The smallest absolute Gasteiger partial charge is 0.251 e. The molecule has 2 aromatic rings. The van der Waals surface area contributed by atoms with Gasteiger partial charge < -0.3 is 19.5 Å². The molecule has 5 nitrogen and oxygen atoms in total.